The van der Waals surface area contributed by atoms with Gasteiger partial charge < -0.3 is 20.6 Å². The molecule has 2 heterocycles. The molecule has 3 amide bonds. The predicted octanol–water partition coefficient (Wildman–Crippen LogP) is 2.69. The Bertz CT molecular complexity index is 956. The average Bonchev–Trinajstić information content (AvgIpc) is 3.27. The van der Waals surface area contributed by atoms with Crippen LogP contribution in [-0.4, -0.2) is 52.0 Å². The summed E-state index contributed by atoms with van der Waals surface area (Å²) < 4.78 is 0. The average molecular weight is 464 g/mol. The molecule has 2 aliphatic heterocycles. The van der Waals surface area contributed by atoms with Gasteiger partial charge in [-0.25, -0.2) is 0 Å². The molecule has 0 unspecified atom stereocenters. The van der Waals surface area contributed by atoms with Crippen molar-refractivity contribution in [3.63, 3.8) is 0 Å². The minimum absolute atomic E-state index is 0.0126. The second-order valence-corrected chi connectivity index (χ2v) is 9.28. The van der Waals surface area contributed by atoms with Crippen LogP contribution in [0.1, 0.15) is 62.6 Å². The lowest BCUT2D eigenvalue weighted by Crippen LogP contribution is -2.57. The van der Waals surface area contributed by atoms with Crippen LogP contribution in [0, 0.1) is 0 Å². The Kier molecular flexibility index (Phi) is 7.63. The molecule has 0 bridgehead atoms. The van der Waals surface area contributed by atoms with E-state index in [1.165, 1.54) is 6.92 Å². The molecule has 0 aliphatic carbocycles. The van der Waals surface area contributed by atoms with Crippen LogP contribution in [0.4, 0.5) is 0 Å². The first-order valence-electron chi connectivity index (χ1n) is 12.2. The summed E-state index contributed by atoms with van der Waals surface area (Å²) in [6, 6.07) is 17.9. The summed E-state index contributed by atoms with van der Waals surface area (Å²) in [4.78, 5) is 40.9. The Morgan fingerprint density at radius 1 is 0.912 bits per heavy atom. The molecule has 180 valence electrons. The van der Waals surface area contributed by atoms with Crippen molar-refractivity contribution in [3.8, 4) is 0 Å². The number of amides is 3. The lowest BCUT2D eigenvalue weighted by molar-refractivity contribution is -0.145. The number of hydrogen-bond acceptors (Lipinski definition) is 4. The van der Waals surface area contributed by atoms with Crippen molar-refractivity contribution in [1.82, 2.24) is 15.5 Å². The Balaban J connectivity index is 1.57. The third kappa shape index (κ3) is 5.30. The molecule has 7 nitrogen and oxygen atoms in total. The maximum Gasteiger partial charge on any atom is 0.249 e. The van der Waals surface area contributed by atoms with Gasteiger partial charge in [-0.2, -0.15) is 0 Å². The van der Waals surface area contributed by atoms with Crippen LogP contribution in [0.5, 0.6) is 0 Å². The van der Waals surface area contributed by atoms with Gasteiger partial charge in [0.1, 0.15) is 18.2 Å². The number of carbonyl (C=O) groups excluding carboxylic acids is 3. The molecule has 4 rings (SSSR count). The zero-order valence-electron chi connectivity index (χ0n) is 19.5. The summed E-state index contributed by atoms with van der Waals surface area (Å²) in [6.45, 7) is 1.38. The second-order valence-electron chi connectivity index (χ2n) is 9.28. The maximum absolute atomic E-state index is 13.6. The Labute approximate surface area is 200 Å². The zero-order chi connectivity index (χ0) is 24.1. The van der Waals surface area contributed by atoms with E-state index in [-0.39, 0.29) is 23.9 Å². The van der Waals surface area contributed by atoms with Gasteiger partial charge in [-0.1, -0.05) is 73.5 Å². The minimum atomic E-state index is -1.19. The molecule has 34 heavy (non-hydrogen) atoms. The van der Waals surface area contributed by atoms with Gasteiger partial charge in [-0.3, -0.25) is 14.4 Å². The third-order valence-electron chi connectivity index (χ3n) is 6.89. The van der Waals surface area contributed by atoms with Gasteiger partial charge in [0, 0.05) is 6.04 Å². The highest BCUT2D eigenvalue weighted by Crippen LogP contribution is 2.32. The molecule has 3 N–H and O–H groups in total. The number of nitrogens with zero attached hydrogens (tertiary/aromatic N) is 1. The number of aliphatic hydroxyl groups is 1. The molecule has 2 aliphatic rings. The van der Waals surface area contributed by atoms with Crippen LogP contribution in [0.15, 0.2) is 60.7 Å². The van der Waals surface area contributed by atoms with E-state index in [1.807, 2.05) is 60.7 Å². The van der Waals surface area contributed by atoms with E-state index in [0.717, 1.165) is 36.8 Å². The second kappa shape index (κ2) is 10.8. The Morgan fingerprint density at radius 3 is 2.09 bits per heavy atom. The summed E-state index contributed by atoms with van der Waals surface area (Å²) in [7, 11) is 0. The summed E-state index contributed by atoms with van der Waals surface area (Å²) in [5.74, 6) is -0.981. The van der Waals surface area contributed by atoms with Crippen molar-refractivity contribution in [2.45, 2.75) is 75.7 Å². The monoisotopic (exact) mass is 463 g/mol. The molecule has 0 spiro atoms. The lowest BCUT2D eigenvalue weighted by atomic mass is 9.98. The molecule has 4 atom stereocenters. The van der Waals surface area contributed by atoms with Crippen LogP contribution in [-0.2, 0) is 14.4 Å². The van der Waals surface area contributed by atoms with E-state index in [4.69, 9.17) is 0 Å². The molecule has 7 heteroatoms. The van der Waals surface area contributed by atoms with Gasteiger partial charge in [0.15, 0.2) is 0 Å². The number of benzene rings is 2. The molecule has 0 radical (unpaired) electrons. The largest absolute Gasteiger partial charge is 0.384 e. The quantitative estimate of drug-likeness (QED) is 0.613. The Hall–Kier alpha value is -3.19. The van der Waals surface area contributed by atoms with E-state index < -0.39 is 24.1 Å². The highest BCUT2D eigenvalue weighted by Gasteiger charge is 2.44. The van der Waals surface area contributed by atoms with Crippen LogP contribution in [0.25, 0.3) is 0 Å². The van der Waals surface area contributed by atoms with E-state index in [2.05, 4.69) is 10.6 Å². The van der Waals surface area contributed by atoms with Crippen molar-refractivity contribution in [2.24, 2.45) is 0 Å². The topological polar surface area (TPSA) is 98.7 Å². The Morgan fingerprint density at radius 2 is 1.50 bits per heavy atom. The highest BCUT2D eigenvalue weighted by molar-refractivity contribution is 5.93. The molecule has 2 aromatic carbocycles. The molecular formula is C27H33N3O4. The first kappa shape index (κ1) is 24.0. The van der Waals surface area contributed by atoms with Crippen LogP contribution >= 0.6 is 0 Å². The van der Waals surface area contributed by atoms with Gasteiger partial charge in [0.05, 0.1) is 6.04 Å². The maximum atomic E-state index is 13.6. The third-order valence-corrected chi connectivity index (χ3v) is 6.89. The fourth-order valence-electron chi connectivity index (χ4n) is 5.10. The summed E-state index contributed by atoms with van der Waals surface area (Å²) in [6.07, 6.45) is 3.28. The number of fused-ring (bicyclic) bond motifs is 1. The standard InChI is InChI=1S/C27H33N3O4/c1-18(31)25(32)28-22-15-9-8-14-21-16-17-23(30(21)27(22)34)26(33)29-24(19-10-4-2-5-11-19)20-12-6-3-7-13-20/h2-7,10-13,18,21-24,31H,8-9,14-17H2,1H3,(H,28,32)(H,29,33)/t18-,21-,22-,23-/m0/s1. The van der Waals surface area contributed by atoms with Crippen molar-refractivity contribution in [1.29, 1.82) is 0 Å². The number of aliphatic hydroxyl groups excluding tert-OH is 1. The normalized spacial score (nSPS) is 23.6. The molecular weight excluding hydrogens is 430 g/mol. The van der Waals surface area contributed by atoms with Gasteiger partial charge in [0.2, 0.25) is 17.7 Å². The number of nitrogens with one attached hydrogen (secondary N) is 2. The van der Waals surface area contributed by atoms with E-state index in [9.17, 15) is 19.5 Å². The smallest absolute Gasteiger partial charge is 0.249 e. The fourth-order valence-corrected chi connectivity index (χ4v) is 5.10. The van der Waals surface area contributed by atoms with Crippen molar-refractivity contribution >= 4 is 17.7 Å². The van der Waals surface area contributed by atoms with Gasteiger partial charge in [-0.15, -0.1) is 0 Å². The SMILES string of the molecule is C[C@H](O)C(=O)N[C@H]1CCCC[C@H]2CC[C@@H](C(=O)NC(c3ccccc3)c3ccccc3)N2C1=O. The first-order valence-corrected chi connectivity index (χ1v) is 12.2. The number of rotatable bonds is 6. The van der Waals surface area contributed by atoms with Crippen LogP contribution in [0.2, 0.25) is 0 Å². The van der Waals surface area contributed by atoms with Gasteiger partial charge >= 0.3 is 0 Å². The molecule has 0 saturated carbocycles. The first-order chi connectivity index (χ1) is 16.5. The zero-order valence-corrected chi connectivity index (χ0v) is 19.5. The number of carbonyl (C=O) groups is 3. The number of hydrogen-bond donors (Lipinski definition) is 3. The molecule has 2 saturated heterocycles. The predicted molar refractivity (Wildman–Crippen MR) is 129 cm³/mol. The van der Waals surface area contributed by atoms with Gasteiger partial charge in [0.25, 0.3) is 0 Å². The summed E-state index contributed by atoms with van der Waals surface area (Å²) in [5.41, 5.74) is 1.94. The van der Waals surface area contributed by atoms with Crippen LogP contribution in [0.3, 0.4) is 0 Å². The fraction of sp³-hybridized carbons (Fsp3) is 0.444. The lowest BCUT2D eigenvalue weighted by Gasteiger charge is -2.36. The summed E-state index contributed by atoms with van der Waals surface area (Å²) >= 11 is 0. The minimum Gasteiger partial charge on any atom is -0.384 e. The van der Waals surface area contributed by atoms with Crippen molar-refractivity contribution in [2.75, 3.05) is 0 Å². The van der Waals surface area contributed by atoms with Gasteiger partial charge in [-0.05, 0) is 43.7 Å². The van der Waals surface area contributed by atoms with Crippen LogP contribution < -0.4 is 10.6 Å². The van der Waals surface area contributed by atoms with Crippen molar-refractivity contribution < 1.29 is 19.5 Å². The molecule has 0 aromatic heterocycles. The van der Waals surface area contributed by atoms with E-state index in [1.54, 1.807) is 4.90 Å². The highest BCUT2D eigenvalue weighted by atomic mass is 16.3. The van der Waals surface area contributed by atoms with Crippen molar-refractivity contribution in [3.05, 3.63) is 71.8 Å². The molecule has 2 fully saturated rings. The molecule has 2 aromatic rings. The van der Waals surface area contributed by atoms with E-state index in [0.29, 0.717) is 12.8 Å². The van der Waals surface area contributed by atoms with E-state index >= 15 is 0 Å². The summed E-state index contributed by atoms with van der Waals surface area (Å²) in [5, 5.41) is 15.5.